The number of phenols is 2. The number of phenolic OH excluding ortho intramolecular Hbond substituents is 2. The highest BCUT2D eigenvalue weighted by Gasteiger charge is 2.14. The van der Waals surface area contributed by atoms with Gasteiger partial charge in [0.2, 0.25) is 0 Å². The van der Waals surface area contributed by atoms with Crippen LogP contribution < -0.4 is 5.56 Å². The van der Waals surface area contributed by atoms with E-state index in [4.69, 9.17) is 0 Å². The van der Waals surface area contributed by atoms with Crippen molar-refractivity contribution in [1.29, 1.82) is 0 Å². The zero-order valence-electron chi connectivity index (χ0n) is 8.46. The van der Waals surface area contributed by atoms with Crippen molar-refractivity contribution in [2.75, 3.05) is 0 Å². The van der Waals surface area contributed by atoms with Crippen LogP contribution >= 0.6 is 0 Å². The number of aryl methyl sites for hydroxylation is 2. The van der Waals surface area contributed by atoms with Crippen LogP contribution in [0.4, 0.5) is 0 Å². The van der Waals surface area contributed by atoms with Crippen LogP contribution in [-0.2, 0) is 0 Å². The predicted molar refractivity (Wildman–Crippen MR) is 57.4 cm³/mol. The van der Waals surface area contributed by atoms with Gasteiger partial charge < -0.3 is 15.2 Å². The van der Waals surface area contributed by atoms with Crippen molar-refractivity contribution in [2.24, 2.45) is 0 Å². The highest BCUT2D eigenvalue weighted by Crippen LogP contribution is 2.37. The lowest BCUT2D eigenvalue weighted by molar-refractivity contribution is 0.400. The van der Waals surface area contributed by atoms with E-state index in [0.717, 1.165) is 0 Å². The van der Waals surface area contributed by atoms with Crippen molar-refractivity contribution >= 4 is 10.8 Å². The molecule has 4 heteroatoms. The Balaban J connectivity index is 3.15. The fraction of sp³-hybridized carbons (Fsp3) is 0.182. The van der Waals surface area contributed by atoms with Gasteiger partial charge in [0.15, 0.2) is 11.5 Å². The molecule has 0 fully saturated rings. The lowest BCUT2D eigenvalue weighted by atomic mass is 10.0. The van der Waals surface area contributed by atoms with Crippen molar-refractivity contribution in [3.05, 3.63) is 33.7 Å². The molecule has 1 heterocycles. The monoisotopic (exact) mass is 205 g/mol. The summed E-state index contributed by atoms with van der Waals surface area (Å²) < 4.78 is 0. The van der Waals surface area contributed by atoms with Crippen molar-refractivity contribution in [2.45, 2.75) is 13.8 Å². The maximum absolute atomic E-state index is 11.6. The highest BCUT2D eigenvalue weighted by molar-refractivity contribution is 5.91. The number of aromatic amines is 1. The first kappa shape index (κ1) is 9.58. The van der Waals surface area contributed by atoms with Gasteiger partial charge >= 0.3 is 0 Å². The van der Waals surface area contributed by atoms with Gasteiger partial charge in [-0.2, -0.15) is 0 Å². The molecule has 0 aliphatic rings. The summed E-state index contributed by atoms with van der Waals surface area (Å²) in [6, 6.07) is 1.71. The third kappa shape index (κ3) is 1.18. The molecule has 1 aromatic carbocycles. The zero-order valence-corrected chi connectivity index (χ0v) is 8.46. The predicted octanol–water partition coefficient (Wildman–Crippen LogP) is 1.56. The Morgan fingerprint density at radius 2 is 1.73 bits per heavy atom. The van der Waals surface area contributed by atoms with E-state index in [1.807, 2.05) is 0 Å². The summed E-state index contributed by atoms with van der Waals surface area (Å²) in [7, 11) is 0. The number of aromatic hydroxyl groups is 2. The van der Waals surface area contributed by atoms with Crippen molar-refractivity contribution in [3.63, 3.8) is 0 Å². The first-order valence-electron chi connectivity index (χ1n) is 4.56. The lowest BCUT2D eigenvalue weighted by Crippen LogP contribution is -2.07. The summed E-state index contributed by atoms with van der Waals surface area (Å²) in [5.74, 6) is -0.387. The van der Waals surface area contributed by atoms with Crippen LogP contribution in [0.5, 0.6) is 11.5 Å². The lowest BCUT2D eigenvalue weighted by Gasteiger charge is -2.09. The summed E-state index contributed by atoms with van der Waals surface area (Å²) in [5.41, 5.74) is 0.651. The molecule has 2 aromatic rings. The van der Waals surface area contributed by atoms with Crippen LogP contribution in [0.15, 0.2) is 17.1 Å². The minimum Gasteiger partial charge on any atom is -0.504 e. The maximum Gasteiger partial charge on any atom is 0.256 e. The number of hydrogen-bond donors (Lipinski definition) is 3. The normalized spacial score (nSPS) is 10.8. The Kier molecular flexibility index (Phi) is 1.93. The maximum atomic E-state index is 11.6. The molecule has 0 bridgehead atoms. The average molecular weight is 205 g/mol. The van der Waals surface area contributed by atoms with E-state index in [1.165, 1.54) is 6.20 Å². The first-order chi connectivity index (χ1) is 7.04. The third-order valence-corrected chi connectivity index (χ3v) is 2.67. The summed E-state index contributed by atoms with van der Waals surface area (Å²) in [4.78, 5) is 14.1. The van der Waals surface area contributed by atoms with Gasteiger partial charge in [-0.3, -0.25) is 4.79 Å². The van der Waals surface area contributed by atoms with E-state index in [1.54, 1.807) is 19.9 Å². The standard InChI is InChI=1S/C11H11NO3/c1-5-7-3-4-12-11(15)8(7)6(2)10(14)9(5)13/h3-4,13-14H,1-2H3,(H,12,15). The molecule has 0 atom stereocenters. The molecule has 0 saturated carbocycles. The number of nitrogens with one attached hydrogen (secondary N) is 1. The van der Waals surface area contributed by atoms with E-state index in [0.29, 0.717) is 21.9 Å². The molecule has 78 valence electrons. The number of rotatable bonds is 0. The fourth-order valence-corrected chi connectivity index (χ4v) is 1.76. The van der Waals surface area contributed by atoms with Gasteiger partial charge in [-0.05, 0) is 25.3 Å². The van der Waals surface area contributed by atoms with E-state index in [2.05, 4.69) is 4.98 Å². The summed E-state index contributed by atoms with van der Waals surface area (Å²) >= 11 is 0. The molecule has 1 aromatic heterocycles. The summed E-state index contributed by atoms with van der Waals surface area (Å²) in [5, 5.41) is 20.3. The van der Waals surface area contributed by atoms with Crippen LogP contribution in [0.3, 0.4) is 0 Å². The second kappa shape index (κ2) is 3.02. The Labute approximate surface area is 85.8 Å². The average Bonchev–Trinajstić information content (AvgIpc) is 2.23. The van der Waals surface area contributed by atoms with Gasteiger partial charge in [0.25, 0.3) is 5.56 Å². The molecular weight excluding hydrogens is 194 g/mol. The SMILES string of the molecule is Cc1c(O)c(O)c(C)c2c(=O)[nH]ccc12. The Morgan fingerprint density at radius 3 is 2.40 bits per heavy atom. The van der Waals surface area contributed by atoms with Crippen LogP contribution in [-0.4, -0.2) is 15.2 Å². The molecular formula is C11H11NO3. The number of H-pyrrole nitrogens is 1. The molecule has 0 aliphatic heterocycles. The molecule has 0 unspecified atom stereocenters. The molecule has 0 amide bonds. The van der Waals surface area contributed by atoms with E-state index in [9.17, 15) is 15.0 Å². The molecule has 15 heavy (non-hydrogen) atoms. The number of benzene rings is 1. The number of aromatic nitrogens is 1. The van der Waals surface area contributed by atoms with Gasteiger partial charge in [0.05, 0.1) is 5.39 Å². The molecule has 0 aliphatic carbocycles. The highest BCUT2D eigenvalue weighted by atomic mass is 16.3. The molecule has 3 N–H and O–H groups in total. The van der Waals surface area contributed by atoms with Gasteiger partial charge in [-0.25, -0.2) is 0 Å². The van der Waals surface area contributed by atoms with Gasteiger partial charge in [-0.15, -0.1) is 0 Å². The number of pyridine rings is 1. The van der Waals surface area contributed by atoms with Crippen LogP contribution in [0, 0.1) is 13.8 Å². The second-order valence-corrected chi connectivity index (χ2v) is 3.54. The third-order valence-electron chi connectivity index (χ3n) is 2.67. The first-order valence-corrected chi connectivity index (χ1v) is 4.56. The summed E-state index contributed by atoms with van der Waals surface area (Å²) in [6.07, 6.45) is 1.52. The Hall–Kier alpha value is -1.97. The topological polar surface area (TPSA) is 73.3 Å². The smallest absolute Gasteiger partial charge is 0.256 e. The van der Waals surface area contributed by atoms with Crippen molar-refractivity contribution in [1.82, 2.24) is 4.98 Å². The minimum absolute atomic E-state index is 0.161. The molecule has 4 nitrogen and oxygen atoms in total. The molecule has 0 radical (unpaired) electrons. The largest absolute Gasteiger partial charge is 0.504 e. The fourth-order valence-electron chi connectivity index (χ4n) is 1.76. The molecule has 2 rings (SSSR count). The van der Waals surface area contributed by atoms with Crippen molar-refractivity contribution < 1.29 is 10.2 Å². The van der Waals surface area contributed by atoms with Gasteiger partial charge in [0, 0.05) is 17.3 Å². The van der Waals surface area contributed by atoms with E-state index in [-0.39, 0.29) is 17.1 Å². The van der Waals surface area contributed by atoms with Gasteiger partial charge in [-0.1, -0.05) is 0 Å². The number of hydrogen-bond acceptors (Lipinski definition) is 3. The minimum atomic E-state index is -0.261. The summed E-state index contributed by atoms with van der Waals surface area (Å²) in [6.45, 7) is 3.27. The molecule has 0 saturated heterocycles. The van der Waals surface area contributed by atoms with Crippen LogP contribution in [0.25, 0.3) is 10.8 Å². The van der Waals surface area contributed by atoms with Crippen LogP contribution in [0.2, 0.25) is 0 Å². The Bertz CT molecular complexity index is 599. The van der Waals surface area contributed by atoms with Gasteiger partial charge in [0.1, 0.15) is 0 Å². The zero-order chi connectivity index (χ0) is 11.2. The van der Waals surface area contributed by atoms with E-state index >= 15 is 0 Å². The molecule has 0 spiro atoms. The Morgan fingerprint density at radius 1 is 1.13 bits per heavy atom. The quantitative estimate of drug-likeness (QED) is 0.571. The van der Waals surface area contributed by atoms with Crippen molar-refractivity contribution in [3.8, 4) is 11.5 Å². The number of fused-ring (bicyclic) bond motifs is 1. The second-order valence-electron chi connectivity index (χ2n) is 3.54. The van der Waals surface area contributed by atoms with Crippen LogP contribution in [0.1, 0.15) is 11.1 Å². The van der Waals surface area contributed by atoms with E-state index < -0.39 is 0 Å².